The van der Waals surface area contributed by atoms with Gasteiger partial charge < -0.3 is 20.5 Å². The fourth-order valence-electron chi connectivity index (χ4n) is 2.76. The molecule has 0 bridgehead atoms. The molecule has 0 aromatic heterocycles. The van der Waals surface area contributed by atoms with Crippen molar-refractivity contribution < 1.29 is 9.84 Å². The minimum atomic E-state index is -0.130. The predicted octanol–water partition coefficient (Wildman–Crippen LogP) is 2.23. The first-order chi connectivity index (χ1) is 11.2. The summed E-state index contributed by atoms with van der Waals surface area (Å²) in [5, 5.41) is 16.3. The van der Waals surface area contributed by atoms with E-state index in [9.17, 15) is 5.11 Å². The Morgan fingerprint density at radius 3 is 2.70 bits per heavy atom. The van der Waals surface area contributed by atoms with Crippen LogP contribution in [0.25, 0.3) is 0 Å². The summed E-state index contributed by atoms with van der Waals surface area (Å²) in [5.74, 6) is 1.75. The fourth-order valence-corrected chi connectivity index (χ4v) is 2.76. The Balaban J connectivity index is 1.78. The molecule has 1 fully saturated rings. The molecular formula is C18H29N3O2. The smallest absolute Gasteiger partial charge is 0.191 e. The Morgan fingerprint density at radius 1 is 1.26 bits per heavy atom. The molecular weight excluding hydrogens is 290 g/mol. The zero-order chi connectivity index (χ0) is 16.5. The van der Waals surface area contributed by atoms with Crippen molar-refractivity contribution in [3.05, 3.63) is 29.8 Å². The van der Waals surface area contributed by atoms with E-state index in [0.717, 1.165) is 49.5 Å². The molecule has 1 saturated carbocycles. The van der Waals surface area contributed by atoms with Crippen molar-refractivity contribution in [3.8, 4) is 5.75 Å². The van der Waals surface area contributed by atoms with Crippen LogP contribution in [0.2, 0.25) is 0 Å². The molecule has 23 heavy (non-hydrogen) atoms. The van der Waals surface area contributed by atoms with Crippen LogP contribution in [-0.2, 0) is 0 Å². The van der Waals surface area contributed by atoms with Gasteiger partial charge in [-0.25, -0.2) is 4.99 Å². The molecule has 128 valence electrons. The summed E-state index contributed by atoms with van der Waals surface area (Å²) in [7, 11) is 0. The van der Waals surface area contributed by atoms with Gasteiger partial charge in [-0.3, -0.25) is 0 Å². The normalized spacial score (nSPS) is 21.8. The van der Waals surface area contributed by atoms with Gasteiger partial charge in [0.2, 0.25) is 0 Å². The molecule has 0 unspecified atom stereocenters. The maximum atomic E-state index is 9.58. The first-order valence-electron chi connectivity index (χ1n) is 8.60. The van der Waals surface area contributed by atoms with E-state index < -0.39 is 0 Å². The van der Waals surface area contributed by atoms with Crippen molar-refractivity contribution in [2.75, 3.05) is 19.7 Å². The van der Waals surface area contributed by atoms with Gasteiger partial charge in [0.1, 0.15) is 12.4 Å². The third-order valence-corrected chi connectivity index (χ3v) is 4.09. The van der Waals surface area contributed by atoms with Gasteiger partial charge in [-0.15, -0.1) is 0 Å². The highest BCUT2D eigenvalue weighted by atomic mass is 16.5. The minimum absolute atomic E-state index is 0.130. The summed E-state index contributed by atoms with van der Waals surface area (Å²) >= 11 is 0. The van der Waals surface area contributed by atoms with E-state index in [4.69, 9.17) is 4.74 Å². The second-order valence-electron chi connectivity index (χ2n) is 6.02. The van der Waals surface area contributed by atoms with Gasteiger partial charge >= 0.3 is 0 Å². The number of hydrogen-bond acceptors (Lipinski definition) is 3. The fraction of sp³-hybridized carbons (Fsp3) is 0.611. The summed E-state index contributed by atoms with van der Waals surface area (Å²) in [5.41, 5.74) is 1.14. The van der Waals surface area contributed by atoms with Crippen LogP contribution < -0.4 is 15.4 Å². The van der Waals surface area contributed by atoms with Crippen molar-refractivity contribution in [1.29, 1.82) is 0 Å². The monoisotopic (exact) mass is 319 g/mol. The number of aliphatic hydroxyl groups is 1. The highest BCUT2D eigenvalue weighted by molar-refractivity contribution is 5.80. The molecule has 0 radical (unpaired) electrons. The molecule has 3 N–H and O–H groups in total. The SMILES string of the molecule is CCNC(=NCCOc1ccccc1C)NC1CCC(O)CC1. The number of aliphatic imine (C=N–C) groups is 1. The molecule has 0 amide bonds. The first-order valence-corrected chi connectivity index (χ1v) is 8.60. The van der Waals surface area contributed by atoms with Gasteiger partial charge in [0.05, 0.1) is 12.6 Å². The van der Waals surface area contributed by atoms with E-state index in [2.05, 4.69) is 22.5 Å². The van der Waals surface area contributed by atoms with Gasteiger partial charge in [0, 0.05) is 12.6 Å². The van der Waals surface area contributed by atoms with Crippen LogP contribution in [-0.4, -0.2) is 42.9 Å². The minimum Gasteiger partial charge on any atom is -0.491 e. The number of aryl methyl sites for hydroxylation is 1. The molecule has 0 spiro atoms. The second-order valence-corrected chi connectivity index (χ2v) is 6.02. The predicted molar refractivity (Wildman–Crippen MR) is 94.1 cm³/mol. The maximum Gasteiger partial charge on any atom is 0.191 e. The summed E-state index contributed by atoms with van der Waals surface area (Å²) in [6, 6.07) is 8.41. The van der Waals surface area contributed by atoms with Crippen LogP contribution in [0, 0.1) is 6.92 Å². The second kappa shape index (κ2) is 9.40. The molecule has 1 aromatic rings. The molecule has 5 heteroatoms. The van der Waals surface area contributed by atoms with Gasteiger partial charge in [-0.2, -0.15) is 0 Å². The Kier molecular flexibility index (Phi) is 7.20. The quantitative estimate of drug-likeness (QED) is 0.427. The molecule has 1 aliphatic carbocycles. The van der Waals surface area contributed by atoms with E-state index in [0.29, 0.717) is 19.2 Å². The molecule has 5 nitrogen and oxygen atoms in total. The number of rotatable bonds is 6. The summed E-state index contributed by atoms with van der Waals surface area (Å²) in [6.07, 6.45) is 3.59. The molecule has 0 atom stereocenters. The van der Waals surface area contributed by atoms with Crippen molar-refractivity contribution in [1.82, 2.24) is 10.6 Å². The Hall–Kier alpha value is -1.75. The number of nitrogens with zero attached hydrogens (tertiary/aromatic N) is 1. The third-order valence-electron chi connectivity index (χ3n) is 4.09. The van der Waals surface area contributed by atoms with Crippen LogP contribution >= 0.6 is 0 Å². The van der Waals surface area contributed by atoms with Crippen molar-refractivity contribution in [2.24, 2.45) is 4.99 Å². The molecule has 1 aromatic carbocycles. The largest absolute Gasteiger partial charge is 0.491 e. The molecule has 0 heterocycles. The molecule has 2 rings (SSSR count). The lowest BCUT2D eigenvalue weighted by molar-refractivity contribution is 0.120. The number of para-hydroxylation sites is 1. The molecule has 1 aliphatic rings. The summed E-state index contributed by atoms with van der Waals surface area (Å²) in [6.45, 7) is 6.11. The first kappa shape index (κ1) is 17.6. The van der Waals surface area contributed by atoms with Gasteiger partial charge in [-0.05, 0) is 51.2 Å². The van der Waals surface area contributed by atoms with Crippen LogP contribution in [0.4, 0.5) is 0 Å². The number of guanidine groups is 1. The average Bonchev–Trinajstić information content (AvgIpc) is 2.55. The lowest BCUT2D eigenvalue weighted by Gasteiger charge is -2.27. The van der Waals surface area contributed by atoms with E-state index in [-0.39, 0.29) is 6.10 Å². The van der Waals surface area contributed by atoms with Crippen LogP contribution in [0.15, 0.2) is 29.3 Å². The number of nitrogens with one attached hydrogen (secondary N) is 2. The number of ether oxygens (including phenoxy) is 1. The lowest BCUT2D eigenvalue weighted by Crippen LogP contribution is -2.45. The summed E-state index contributed by atoms with van der Waals surface area (Å²) in [4.78, 5) is 4.58. The standard InChI is InChI=1S/C18H29N3O2/c1-3-19-18(21-15-8-10-16(22)11-9-15)20-12-13-23-17-7-5-4-6-14(17)2/h4-7,15-16,22H,3,8-13H2,1-2H3,(H2,19,20,21). The van der Waals surface area contributed by atoms with Crippen LogP contribution in [0.5, 0.6) is 5.75 Å². The zero-order valence-corrected chi connectivity index (χ0v) is 14.2. The van der Waals surface area contributed by atoms with Crippen LogP contribution in [0.3, 0.4) is 0 Å². The van der Waals surface area contributed by atoms with Crippen LogP contribution in [0.1, 0.15) is 38.2 Å². The Labute approximate surface area is 139 Å². The average molecular weight is 319 g/mol. The van der Waals surface area contributed by atoms with E-state index in [1.165, 1.54) is 0 Å². The zero-order valence-electron chi connectivity index (χ0n) is 14.2. The van der Waals surface area contributed by atoms with Gasteiger partial charge in [-0.1, -0.05) is 18.2 Å². The third kappa shape index (κ3) is 6.10. The Morgan fingerprint density at radius 2 is 2.00 bits per heavy atom. The van der Waals surface area contributed by atoms with Gasteiger partial charge in [0.25, 0.3) is 0 Å². The Bertz CT molecular complexity index is 497. The maximum absolute atomic E-state index is 9.58. The topological polar surface area (TPSA) is 65.9 Å². The van der Waals surface area contributed by atoms with Crippen molar-refractivity contribution >= 4 is 5.96 Å². The highest BCUT2D eigenvalue weighted by Crippen LogP contribution is 2.18. The van der Waals surface area contributed by atoms with E-state index >= 15 is 0 Å². The molecule has 0 saturated heterocycles. The van der Waals surface area contributed by atoms with E-state index in [1.807, 2.05) is 31.2 Å². The van der Waals surface area contributed by atoms with Crippen molar-refractivity contribution in [3.63, 3.8) is 0 Å². The van der Waals surface area contributed by atoms with Gasteiger partial charge in [0.15, 0.2) is 5.96 Å². The number of hydrogen-bond donors (Lipinski definition) is 3. The number of aliphatic hydroxyl groups excluding tert-OH is 1. The van der Waals surface area contributed by atoms with E-state index in [1.54, 1.807) is 0 Å². The lowest BCUT2D eigenvalue weighted by atomic mass is 9.93. The van der Waals surface area contributed by atoms with Crippen molar-refractivity contribution in [2.45, 2.75) is 51.7 Å². The highest BCUT2D eigenvalue weighted by Gasteiger charge is 2.19. The number of benzene rings is 1. The molecule has 0 aliphatic heterocycles. The summed E-state index contributed by atoms with van der Waals surface area (Å²) < 4.78 is 5.77.